The number of carboxylic acid groups (broad SMARTS) is 1. The van der Waals surface area contributed by atoms with Gasteiger partial charge >= 0.3 is 5.97 Å². The summed E-state index contributed by atoms with van der Waals surface area (Å²) in [5.74, 6) is -0.800. The smallest absolute Gasteiger partial charge is 0.317 e. The molecule has 1 rings (SSSR count). The van der Waals surface area contributed by atoms with E-state index in [2.05, 4.69) is 12.0 Å². The van der Waals surface area contributed by atoms with E-state index in [1.165, 1.54) is 0 Å². The predicted octanol–water partition coefficient (Wildman–Crippen LogP) is 1.98. The predicted molar refractivity (Wildman–Crippen MR) is 70.3 cm³/mol. The van der Waals surface area contributed by atoms with Crippen molar-refractivity contribution >= 4 is 5.97 Å². The molecule has 0 bridgehead atoms. The number of aryl methyl sites for hydroxylation is 1. The molecule has 0 aliphatic heterocycles. The Labute approximate surface area is 108 Å². The molecule has 5 heteroatoms. The van der Waals surface area contributed by atoms with Crippen molar-refractivity contribution < 1.29 is 9.90 Å². The molecule has 0 aliphatic carbocycles. The summed E-state index contributed by atoms with van der Waals surface area (Å²) in [5.41, 5.74) is 0.880. The van der Waals surface area contributed by atoms with Crippen LogP contribution in [0, 0.1) is 0 Å². The lowest BCUT2D eigenvalue weighted by Gasteiger charge is -2.33. The van der Waals surface area contributed by atoms with Gasteiger partial charge in [0.1, 0.15) is 0 Å². The molecule has 0 saturated carbocycles. The van der Waals surface area contributed by atoms with E-state index < -0.39 is 5.97 Å². The topological polar surface area (TPSA) is 58.4 Å². The van der Waals surface area contributed by atoms with Crippen LogP contribution in [0.3, 0.4) is 0 Å². The number of carbonyl (C=O) groups is 1. The van der Waals surface area contributed by atoms with Gasteiger partial charge in [-0.15, -0.1) is 0 Å². The van der Waals surface area contributed by atoms with Crippen LogP contribution < -0.4 is 0 Å². The molecule has 18 heavy (non-hydrogen) atoms. The van der Waals surface area contributed by atoms with E-state index in [0.29, 0.717) is 6.54 Å². The minimum Gasteiger partial charge on any atom is -0.480 e. The molecule has 1 N–H and O–H groups in total. The molecular weight excluding hydrogens is 230 g/mol. The number of carboxylic acids is 1. The van der Waals surface area contributed by atoms with Crippen LogP contribution in [-0.2, 0) is 17.9 Å². The maximum absolute atomic E-state index is 10.9. The van der Waals surface area contributed by atoms with Crippen molar-refractivity contribution in [3.8, 4) is 0 Å². The monoisotopic (exact) mass is 253 g/mol. The molecule has 1 aromatic heterocycles. The standard InChI is InChI=1S/C13H23N3O2/c1-5-6-16-9-11(7-14-16)8-15(10-12(17)18)13(2,3)4/h7,9H,5-6,8,10H2,1-4H3,(H,17,18). The van der Waals surface area contributed by atoms with Crippen LogP contribution in [0.15, 0.2) is 12.4 Å². The van der Waals surface area contributed by atoms with Gasteiger partial charge in [-0.3, -0.25) is 14.4 Å². The second kappa shape index (κ2) is 6.00. The first-order chi connectivity index (χ1) is 8.32. The van der Waals surface area contributed by atoms with Crippen molar-refractivity contribution in [2.45, 2.75) is 52.7 Å². The van der Waals surface area contributed by atoms with E-state index in [4.69, 9.17) is 5.11 Å². The van der Waals surface area contributed by atoms with E-state index >= 15 is 0 Å². The molecule has 102 valence electrons. The Morgan fingerprint density at radius 3 is 2.67 bits per heavy atom. The average Bonchev–Trinajstić information content (AvgIpc) is 2.63. The first-order valence-corrected chi connectivity index (χ1v) is 6.31. The highest BCUT2D eigenvalue weighted by Crippen LogP contribution is 2.16. The van der Waals surface area contributed by atoms with Gasteiger partial charge in [0.15, 0.2) is 0 Å². The maximum Gasteiger partial charge on any atom is 0.317 e. The molecule has 0 unspecified atom stereocenters. The van der Waals surface area contributed by atoms with Gasteiger partial charge in [0.05, 0.1) is 12.7 Å². The minimum absolute atomic E-state index is 0.0441. The van der Waals surface area contributed by atoms with Crippen LogP contribution >= 0.6 is 0 Å². The summed E-state index contributed by atoms with van der Waals surface area (Å²) in [6.07, 6.45) is 4.85. The average molecular weight is 253 g/mol. The third-order valence-corrected chi connectivity index (χ3v) is 2.79. The van der Waals surface area contributed by atoms with Crippen LogP contribution in [0.5, 0.6) is 0 Å². The van der Waals surface area contributed by atoms with Crippen LogP contribution in [0.4, 0.5) is 0 Å². The molecule has 0 aliphatic rings. The number of nitrogens with zero attached hydrogens (tertiary/aromatic N) is 3. The Morgan fingerprint density at radius 1 is 1.50 bits per heavy atom. The fourth-order valence-corrected chi connectivity index (χ4v) is 1.75. The summed E-state index contributed by atoms with van der Waals surface area (Å²) in [5, 5.41) is 13.2. The molecule has 0 fully saturated rings. The van der Waals surface area contributed by atoms with Gasteiger partial charge in [-0.05, 0) is 27.2 Å². The Kier molecular flexibility index (Phi) is 4.90. The SMILES string of the molecule is CCCn1cc(CN(CC(=O)O)C(C)(C)C)cn1. The molecule has 0 saturated heterocycles. The highest BCUT2D eigenvalue weighted by atomic mass is 16.4. The summed E-state index contributed by atoms with van der Waals surface area (Å²) >= 11 is 0. The Balaban J connectivity index is 2.72. The number of aromatic nitrogens is 2. The third-order valence-electron chi connectivity index (χ3n) is 2.79. The number of hydrogen-bond acceptors (Lipinski definition) is 3. The van der Waals surface area contributed by atoms with Crippen molar-refractivity contribution in [1.82, 2.24) is 14.7 Å². The van der Waals surface area contributed by atoms with Crippen LogP contribution in [0.25, 0.3) is 0 Å². The summed E-state index contributed by atoms with van der Waals surface area (Å²) < 4.78 is 1.90. The van der Waals surface area contributed by atoms with Crippen molar-refractivity contribution in [3.63, 3.8) is 0 Å². The summed E-state index contributed by atoms with van der Waals surface area (Å²) in [6.45, 7) is 9.72. The maximum atomic E-state index is 10.9. The second-order valence-electron chi connectivity index (χ2n) is 5.53. The van der Waals surface area contributed by atoms with Gasteiger partial charge in [-0.2, -0.15) is 5.10 Å². The third kappa shape index (κ3) is 4.49. The van der Waals surface area contributed by atoms with Crippen LogP contribution in [-0.4, -0.2) is 37.8 Å². The van der Waals surface area contributed by atoms with Gasteiger partial charge < -0.3 is 5.11 Å². The van der Waals surface area contributed by atoms with Crippen molar-refractivity contribution in [1.29, 1.82) is 0 Å². The molecule has 5 nitrogen and oxygen atoms in total. The van der Waals surface area contributed by atoms with Gasteiger partial charge in [-0.25, -0.2) is 0 Å². The van der Waals surface area contributed by atoms with Gasteiger partial charge in [0.25, 0.3) is 0 Å². The molecular formula is C13H23N3O2. The fraction of sp³-hybridized carbons (Fsp3) is 0.692. The van der Waals surface area contributed by atoms with E-state index in [9.17, 15) is 4.79 Å². The normalized spacial score (nSPS) is 12.1. The lowest BCUT2D eigenvalue weighted by molar-refractivity contribution is -0.139. The molecule has 1 aromatic rings. The first-order valence-electron chi connectivity index (χ1n) is 6.31. The van der Waals surface area contributed by atoms with Crippen molar-refractivity contribution in [2.24, 2.45) is 0 Å². The van der Waals surface area contributed by atoms with Gasteiger partial charge in [0, 0.05) is 30.4 Å². The lowest BCUT2D eigenvalue weighted by atomic mass is 10.1. The molecule has 0 radical (unpaired) electrons. The van der Waals surface area contributed by atoms with Crippen molar-refractivity contribution in [2.75, 3.05) is 6.54 Å². The molecule has 0 spiro atoms. The molecule has 0 amide bonds. The minimum atomic E-state index is -0.800. The highest BCUT2D eigenvalue weighted by molar-refractivity contribution is 5.69. The fourth-order valence-electron chi connectivity index (χ4n) is 1.75. The van der Waals surface area contributed by atoms with Gasteiger partial charge in [0.2, 0.25) is 0 Å². The number of hydrogen-bond donors (Lipinski definition) is 1. The first kappa shape index (κ1) is 14.7. The Morgan fingerprint density at radius 2 is 2.17 bits per heavy atom. The second-order valence-corrected chi connectivity index (χ2v) is 5.53. The zero-order valence-corrected chi connectivity index (χ0v) is 11.7. The van der Waals surface area contributed by atoms with E-state index in [-0.39, 0.29) is 12.1 Å². The van der Waals surface area contributed by atoms with Gasteiger partial charge in [-0.1, -0.05) is 6.92 Å². The summed E-state index contributed by atoms with van der Waals surface area (Å²) in [7, 11) is 0. The Hall–Kier alpha value is -1.36. The van der Waals surface area contributed by atoms with Crippen LogP contribution in [0.1, 0.15) is 39.7 Å². The number of rotatable bonds is 6. The molecule has 1 heterocycles. The van der Waals surface area contributed by atoms with E-state index in [1.54, 1.807) is 0 Å². The zero-order valence-electron chi connectivity index (χ0n) is 11.7. The van der Waals surface area contributed by atoms with E-state index in [0.717, 1.165) is 18.5 Å². The Bertz CT molecular complexity index is 393. The molecule has 0 atom stereocenters. The summed E-state index contributed by atoms with van der Waals surface area (Å²) in [6, 6.07) is 0. The number of aliphatic carboxylic acids is 1. The summed E-state index contributed by atoms with van der Waals surface area (Å²) in [4.78, 5) is 12.8. The zero-order chi connectivity index (χ0) is 13.8. The quantitative estimate of drug-likeness (QED) is 0.842. The lowest BCUT2D eigenvalue weighted by Crippen LogP contribution is -2.43. The van der Waals surface area contributed by atoms with Crippen molar-refractivity contribution in [3.05, 3.63) is 18.0 Å². The van der Waals surface area contributed by atoms with Crippen LogP contribution in [0.2, 0.25) is 0 Å². The largest absolute Gasteiger partial charge is 0.480 e. The molecule has 0 aromatic carbocycles. The van der Waals surface area contributed by atoms with E-state index in [1.807, 2.05) is 42.7 Å². The highest BCUT2D eigenvalue weighted by Gasteiger charge is 2.23.